The SMILES string of the molecule is O=[N+]([O-])c1ccc(NN=Cc2ccc(N(CCO)CCO)cc2)c([N+](=O)[O-])c1. The topological polar surface area (TPSA) is 154 Å². The molecule has 0 aromatic heterocycles. The number of non-ortho nitro benzene ring substituents is 1. The first-order valence-electron chi connectivity index (χ1n) is 8.25. The van der Waals surface area contributed by atoms with Crippen LogP contribution in [0.2, 0.25) is 0 Å². The maximum Gasteiger partial charge on any atom is 0.301 e. The van der Waals surface area contributed by atoms with Crippen molar-refractivity contribution < 1.29 is 20.1 Å². The van der Waals surface area contributed by atoms with Gasteiger partial charge in [-0.05, 0) is 23.8 Å². The molecular weight excluding hydrogens is 370 g/mol. The Hall–Kier alpha value is -3.57. The van der Waals surface area contributed by atoms with Crippen molar-refractivity contribution >= 4 is 29.0 Å². The fraction of sp³-hybridized carbons (Fsp3) is 0.235. The standard InChI is InChI=1S/C17H19N5O6/c23-9-7-20(8-10-24)14-3-1-13(2-4-14)12-18-19-16-6-5-15(21(25)26)11-17(16)22(27)28/h1-6,11-12,19,23-24H,7-10H2. The van der Waals surface area contributed by atoms with E-state index in [2.05, 4.69) is 10.5 Å². The van der Waals surface area contributed by atoms with E-state index >= 15 is 0 Å². The maximum absolute atomic E-state index is 11.1. The Morgan fingerprint density at radius 1 is 1.00 bits per heavy atom. The molecule has 11 nitrogen and oxygen atoms in total. The zero-order chi connectivity index (χ0) is 20.5. The van der Waals surface area contributed by atoms with Gasteiger partial charge in [0.2, 0.25) is 0 Å². The lowest BCUT2D eigenvalue weighted by Crippen LogP contribution is -2.29. The average Bonchev–Trinajstić information content (AvgIpc) is 2.68. The van der Waals surface area contributed by atoms with Crippen molar-refractivity contribution in [3.05, 3.63) is 68.3 Å². The quantitative estimate of drug-likeness (QED) is 0.315. The maximum atomic E-state index is 11.1. The molecule has 0 saturated carbocycles. The molecule has 0 fully saturated rings. The van der Waals surface area contributed by atoms with Crippen molar-refractivity contribution in [3.8, 4) is 0 Å². The fourth-order valence-electron chi connectivity index (χ4n) is 2.44. The molecule has 0 heterocycles. The van der Waals surface area contributed by atoms with Crippen LogP contribution < -0.4 is 10.3 Å². The lowest BCUT2D eigenvalue weighted by molar-refractivity contribution is -0.393. The van der Waals surface area contributed by atoms with Gasteiger partial charge in [-0.1, -0.05) is 12.1 Å². The highest BCUT2D eigenvalue weighted by Gasteiger charge is 2.19. The summed E-state index contributed by atoms with van der Waals surface area (Å²) >= 11 is 0. The average molecular weight is 389 g/mol. The third-order valence-electron chi connectivity index (χ3n) is 3.79. The summed E-state index contributed by atoms with van der Waals surface area (Å²) < 4.78 is 0. The molecular formula is C17H19N5O6. The molecule has 148 valence electrons. The lowest BCUT2D eigenvalue weighted by Gasteiger charge is -2.22. The number of nitrogens with zero attached hydrogens (tertiary/aromatic N) is 4. The number of aliphatic hydroxyl groups excluding tert-OH is 2. The van der Waals surface area contributed by atoms with Crippen LogP contribution in [0.3, 0.4) is 0 Å². The van der Waals surface area contributed by atoms with Crippen molar-refractivity contribution in [1.29, 1.82) is 0 Å². The van der Waals surface area contributed by atoms with E-state index in [1.54, 1.807) is 24.3 Å². The predicted octanol–water partition coefficient (Wildman–Crippen LogP) is 1.74. The zero-order valence-electron chi connectivity index (χ0n) is 14.8. The Bertz CT molecular complexity index is 850. The third kappa shape index (κ3) is 5.46. The molecule has 0 atom stereocenters. The number of hydrazone groups is 1. The highest BCUT2D eigenvalue weighted by Crippen LogP contribution is 2.28. The van der Waals surface area contributed by atoms with E-state index in [-0.39, 0.29) is 24.6 Å². The summed E-state index contributed by atoms with van der Waals surface area (Å²) in [4.78, 5) is 22.2. The lowest BCUT2D eigenvalue weighted by atomic mass is 10.2. The Balaban J connectivity index is 2.10. The molecule has 0 aliphatic heterocycles. The largest absolute Gasteiger partial charge is 0.395 e. The van der Waals surface area contributed by atoms with Crippen LogP contribution in [0, 0.1) is 20.2 Å². The van der Waals surface area contributed by atoms with Crippen molar-refractivity contribution in [2.75, 3.05) is 36.6 Å². The van der Waals surface area contributed by atoms with Gasteiger partial charge in [0.15, 0.2) is 0 Å². The second-order valence-corrected chi connectivity index (χ2v) is 5.61. The summed E-state index contributed by atoms with van der Waals surface area (Å²) in [6.45, 7) is 0.695. The number of rotatable bonds is 10. The normalized spacial score (nSPS) is 10.8. The van der Waals surface area contributed by atoms with Crippen molar-refractivity contribution in [1.82, 2.24) is 0 Å². The molecule has 0 aliphatic carbocycles. The van der Waals surface area contributed by atoms with Gasteiger partial charge in [0, 0.05) is 24.8 Å². The molecule has 3 N–H and O–H groups in total. The zero-order valence-corrected chi connectivity index (χ0v) is 14.8. The second kappa shape index (κ2) is 9.94. The molecule has 0 amide bonds. The van der Waals surface area contributed by atoms with E-state index in [1.165, 1.54) is 12.3 Å². The van der Waals surface area contributed by atoms with Crippen LogP contribution in [0.5, 0.6) is 0 Å². The summed E-state index contributed by atoms with van der Waals surface area (Å²) in [6.07, 6.45) is 1.44. The first-order chi connectivity index (χ1) is 13.5. The summed E-state index contributed by atoms with van der Waals surface area (Å²) in [6, 6.07) is 10.3. The number of anilines is 2. The molecule has 0 spiro atoms. The molecule has 2 aromatic carbocycles. The van der Waals surface area contributed by atoms with Crippen LogP contribution in [-0.4, -0.2) is 52.6 Å². The van der Waals surface area contributed by atoms with Gasteiger partial charge >= 0.3 is 5.69 Å². The number of nitrogens with one attached hydrogen (secondary N) is 1. The van der Waals surface area contributed by atoms with Crippen LogP contribution in [0.4, 0.5) is 22.7 Å². The number of hydrogen-bond acceptors (Lipinski definition) is 9. The number of hydrogen-bond donors (Lipinski definition) is 3. The Kier molecular flexibility index (Phi) is 7.37. The second-order valence-electron chi connectivity index (χ2n) is 5.61. The number of nitro benzene ring substituents is 2. The molecule has 0 radical (unpaired) electrons. The number of aliphatic hydroxyl groups is 2. The van der Waals surface area contributed by atoms with E-state index in [1.807, 2.05) is 4.90 Å². The predicted molar refractivity (Wildman–Crippen MR) is 104 cm³/mol. The number of benzene rings is 2. The van der Waals surface area contributed by atoms with Gasteiger partial charge < -0.3 is 15.1 Å². The van der Waals surface area contributed by atoms with Crippen molar-refractivity contribution in [2.24, 2.45) is 5.10 Å². The van der Waals surface area contributed by atoms with Gasteiger partial charge in [-0.2, -0.15) is 5.10 Å². The van der Waals surface area contributed by atoms with E-state index in [4.69, 9.17) is 10.2 Å². The van der Waals surface area contributed by atoms with Crippen LogP contribution in [-0.2, 0) is 0 Å². The minimum Gasteiger partial charge on any atom is -0.395 e. The minimum atomic E-state index is -0.726. The molecule has 2 aromatic rings. The monoisotopic (exact) mass is 389 g/mol. The van der Waals surface area contributed by atoms with E-state index in [0.29, 0.717) is 18.7 Å². The Morgan fingerprint density at radius 2 is 1.64 bits per heavy atom. The Morgan fingerprint density at radius 3 is 2.18 bits per heavy atom. The summed E-state index contributed by atoms with van der Waals surface area (Å²) in [5.41, 5.74) is 3.23. The van der Waals surface area contributed by atoms with Gasteiger partial charge in [0.25, 0.3) is 5.69 Å². The van der Waals surface area contributed by atoms with Crippen LogP contribution in [0.25, 0.3) is 0 Å². The smallest absolute Gasteiger partial charge is 0.301 e. The molecule has 0 bridgehead atoms. The molecule has 11 heteroatoms. The van der Waals surface area contributed by atoms with Gasteiger partial charge in [0.05, 0.1) is 35.3 Å². The van der Waals surface area contributed by atoms with E-state index in [0.717, 1.165) is 17.8 Å². The molecule has 2 rings (SSSR count). The molecule has 0 unspecified atom stereocenters. The van der Waals surface area contributed by atoms with E-state index < -0.39 is 15.5 Å². The summed E-state index contributed by atoms with van der Waals surface area (Å²) in [7, 11) is 0. The number of nitro groups is 2. The van der Waals surface area contributed by atoms with Gasteiger partial charge in [-0.25, -0.2) is 0 Å². The van der Waals surface area contributed by atoms with Gasteiger partial charge in [0.1, 0.15) is 5.69 Å². The van der Waals surface area contributed by atoms with Gasteiger partial charge in [-0.15, -0.1) is 0 Å². The van der Waals surface area contributed by atoms with Gasteiger partial charge in [-0.3, -0.25) is 25.7 Å². The summed E-state index contributed by atoms with van der Waals surface area (Å²) in [5, 5.41) is 43.9. The van der Waals surface area contributed by atoms with E-state index in [9.17, 15) is 20.2 Å². The van der Waals surface area contributed by atoms with Crippen LogP contribution >= 0.6 is 0 Å². The fourth-order valence-corrected chi connectivity index (χ4v) is 2.44. The highest BCUT2D eigenvalue weighted by molar-refractivity contribution is 5.81. The highest BCUT2D eigenvalue weighted by atomic mass is 16.6. The Labute approximate surface area is 159 Å². The van der Waals surface area contributed by atoms with Crippen LogP contribution in [0.1, 0.15) is 5.56 Å². The minimum absolute atomic E-state index is 0.0283. The molecule has 0 saturated heterocycles. The van der Waals surface area contributed by atoms with Crippen LogP contribution in [0.15, 0.2) is 47.6 Å². The third-order valence-corrected chi connectivity index (χ3v) is 3.79. The first kappa shape index (κ1) is 20.7. The first-order valence-corrected chi connectivity index (χ1v) is 8.25. The molecule has 0 aliphatic rings. The summed E-state index contributed by atoms with van der Waals surface area (Å²) in [5.74, 6) is 0. The molecule has 28 heavy (non-hydrogen) atoms. The van der Waals surface area contributed by atoms with Crippen molar-refractivity contribution in [2.45, 2.75) is 0 Å². The van der Waals surface area contributed by atoms with Crippen molar-refractivity contribution in [3.63, 3.8) is 0 Å².